The van der Waals surface area contributed by atoms with Gasteiger partial charge in [-0.05, 0) is 29.7 Å². The average molecular weight is 345 g/mol. The zero-order valence-electron chi connectivity index (χ0n) is 14.1. The number of nitrogen functional groups attached to an aromatic ring is 1. The molecular formula is C19H20FNO4. The summed E-state index contributed by atoms with van der Waals surface area (Å²) < 4.78 is 22.9. The summed E-state index contributed by atoms with van der Waals surface area (Å²) in [6, 6.07) is 13.1. The number of halogens is 1. The smallest absolute Gasteiger partial charge is 0.320 e. The highest BCUT2D eigenvalue weighted by molar-refractivity contribution is 5.96. The molecule has 132 valence electrons. The van der Waals surface area contributed by atoms with Gasteiger partial charge >= 0.3 is 11.9 Å². The summed E-state index contributed by atoms with van der Waals surface area (Å²) in [7, 11) is 2.43. The van der Waals surface area contributed by atoms with Gasteiger partial charge in [-0.25, -0.2) is 4.39 Å². The Morgan fingerprint density at radius 1 is 1.04 bits per heavy atom. The molecule has 2 rings (SSSR count). The molecule has 0 aromatic heterocycles. The molecule has 0 saturated carbocycles. The molecule has 0 bridgehead atoms. The molecule has 25 heavy (non-hydrogen) atoms. The fourth-order valence-corrected chi connectivity index (χ4v) is 2.80. The lowest BCUT2D eigenvalue weighted by atomic mass is 9.81. The van der Waals surface area contributed by atoms with Crippen LogP contribution in [0.25, 0.3) is 0 Å². The number of methoxy groups -OCH3 is 2. The van der Waals surface area contributed by atoms with Crippen LogP contribution in [-0.2, 0) is 25.5 Å². The van der Waals surface area contributed by atoms with E-state index in [-0.39, 0.29) is 12.1 Å². The molecule has 0 aliphatic heterocycles. The second-order valence-electron chi connectivity index (χ2n) is 5.59. The van der Waals surface area contributed by atoms with Crippen LogP contribution in [0.2, 0.25) is 0 Å². The number of anilines is 1. The predicted octanol–water partition coefficient (Wildman–Crippen LogP) is 2.70. The van der Waals surface area contributed by atoms with Gasteiger partial charge in [-0.1, -0.05) is 36.4 Å². The van der Waals surface area contributed by atoms with E-state index in [0.29, 0.717) is 5.56 Å². The molecule has 0 heterocycles. The van der Waals surface area contributed by atoms with Gasteiger partial charge in [0.25, 0.3) is 0 Å². The van der Waals surface area contributed by atoms with Gasteiger partial charge in [-0.3, -0.25) is 9.59 Å². The highest BCUT2D eigenvalue weighted by Gasteiger charge is 2.38. The van der Waals surface area contributed by atoms with Crippen LogP contribution in [0.4, 0.5) is 10.1 Å². The molecule has 0 spiro atoms. The van der Waals surface area contributed by atoms with Gasteiger partial charge in [0.1, 0.15) is 5.82 Å². The lowest BCUT2D eigenvalue weighted by Crippen LogP contribution is -2.33. The number of nitrogens with two attached hydrogens (primary N) is 1. The second kappa shape index (κ2) is 8.28. The first-order valence-corrected chi connectivity index (χ1v) is 7.72. The fourth-order valence-electron chi connectivity index (χ4n) is 2.80. The first-order chi connectivity index (χ1) is 12.0. The quantitative estimate of drug-likeness (QED) is 0.495. The molecule has 6 heteroatoms. The summed E-state index contributed by atoms with van der Waals surface area (Å²) in [5, 5.41) is 0. The fraction of sp³-hybridized carbons (Fsp3) is 0.263. The Kier molecular flexibility index (Phi) is 6.11. The average Bonchev–Trinajstić information content (AvgIpc) is 2.63. The molecule has 5 nitrogen and oxygen atoms in total. The molecule has 0 unspecified atom stereocenters. The number of esters is 2. The molecule has 0 aliphatic carbocycles. The molecule has 0 aliphatic rings. The van der Waals surface area contributed by atoms with Crippen molar-refractivity contribution in [3.05, 3.63) is 65.5 Å². The zero-order valence-corrected chi connectivity index (χ0v) is 14.1. The van der Waals surface area contributed by atoms with Crippen LogP contribution in [0.15, 0.2) is 48.5 Å². The highest BCUT2D eigenvalue weighted by atomic mass is 19.1. The van der Waals surface area contributed by atoms with Crippen molar-refractivity contribution in [2.24, 2.45) is 5.92 Å². The third kappa shape index (κ3) is 4.35. The zero-order chi connectivity index (χ0) is 18.4. The van der Waals surface area contributed by atoms with Crippen LogP contribution in [0, 0.1) is 11.7 Å². The Morgan fingerprint density at radius 3 is 2.16 bits per heavy atom. The highest BCUT2D eigenvalue weighted by Crippen LogP contribution is 2.32. The predicted molar refractivity (Wildman–Crippen MR) is 91.2 cm³/mol. The van der Waals surface area contributed by atoms with E-state index in [1.165, 1.54) is 26.4 Å². The van der Waals surface area contributed by atoms with Crippen molar-refractivity contribution >= 4 is 17.6 Å². The molecule has 2 aromatic rings. The SMILES string of the molecule is COC(=O)C(C(=O)OC)[C@@H](Cc1ccc(F)cc1N)c1ccccc1. The van der Waals surface area contributed by atoms with E-state index in [4.69, 9.17) is 15.2 Å². The van der Waals surface area contributed by atoms with Crippen molar-refractivity contribution in [1.29, 1.82) is 0 Å². The number of hydrogen-bond donors (Lipinski definition) is 1. The molecule has 1 atom stereocenters. The van der Waals surface area contributed by atoms with Crippen LogP contribution < -0.4 is 5.73 Å². The molecule has 2 N–H and O–H groups in total. The summed E-state index contributed by atoms with van der Waals surface area (Å²) in [5.74, 6) is -3.55. The van der Waals surface area contributed by atoms with Crippen molar-refractivity contribution in [1.82, 2.24) is 0 Å². The summed E-state index contributed by atoms with van der Waals surface area (Å²) >= 11 is 0. The number of carbonyl (C=O) groups excluding carboxylic acids is 2. The monoisotopic (exact) mass is 345 g/mol. The maximum absolute atomic E-state index is 13.3. The first kappa shape index (κ1) is 18.4. The maximum Gasteiger partial charge on any atom is 0.320 e. The van der Waals surface area contributed by atoms with Gasteiger partial charge in [-0.2, -0.15) is 0 Å². The summed E-state index contributed by atoms with van der Waals surface area (Å²) in [6.45, 7) is 0. The largest absolute Gasteiger partial charge is 0.468 e. The minimum atomic E-state index is -1.15. The van der Waals surface area contributed by atoms with Crippen LogP contribution in [-0.4, -0.2) is 26.2 Å². The third-order valence-electron chi connectivity index (χ3n) is 4.09. The van der Waals surface area contributed by atoms with Gasteiger partial charge in [0.2, 0.25) is 0 Å². The normalized spacial score (nSPS) is 11.8. The third-order valence-corrected chi connectivity index (χ3v) is 4.09. The minimum absolute atomic E-state index is 0.255. The number of rotatable bonds is 6. The summed E-state index contributed by atoms with van der Waals surface area (Å²) in [5.41, 5.74) is 7.54. The molecule has 0 amide bonds. The second-order valence-corrected chi connectivity index (χ2v) is 5.59. The first-order valence-electron chi connectivity index (χ1n) is 7.72. The Bertz CT molecular complexity index is 732. The molecule has 0 radical (unpaired) electrons. The van der Waals surface area contributed by atoms with Gasteiger partial charge < -0.3 is 15.2 Å². The van der Waals surface area contributed by atoms with Gasteiger partial charge in [0.05, 0.1) is 14.2 Å². The standard InChI is InChI=1S/C19H20FNO4/c1-24-18(22)17(19(23)25-2)15(12-6-4-3-5-7-12)10-13-8-9-14(20)11-16(13)21/h3-9,11,15,17H,10,21H2,1-2H3/t15-/m0/s1. The van der Waals surface area contributed by atoms with Gasteiger partial charge in [0.15, 0.2) is 5.92 Å². The van der Waals surface area contributed by atoms with E-state index in [9.17, 15) is 14.0 Å². The Morgan fingerprint density at radius 2 is 1.64 bits per heavy atom. The van der Waals surface area contributed by atoms with Crippen molar-refractivity contribution in [3.8, 4) is 0 Å². The van der Waals surface area contributed by atoms with E-state index < -0.39 is 29.6 Å². The maximum atomic E-state index is 13.3. The van der Waals surface area contributed by atoms with Gasteiger partial charge in [-0.15, -0.1) is 0 Å². The van der Waals surface area contributed by atoms with Crippen molar-refractivity contribution in [2.45, 2.75) is 12.3 Å². The summed E-state index contributed by atoms with van der Waals surface area (Å²) in [6.07, 6.45) is 0.255. The van der Waals surface area contributed by atoms with Crippen LogP contribution in [0.5, 0.6) is 0 Å². The number of carbonyl (C=O) groups is 2. The topological polar surface area (TPSA) is 78.6 Å². The van der Waals surface area contributed by atoms with E-state index in [1.54, 1.807) is 6.07 Å². The number of benzene rings is 2. The molecular weight excluding hydrogens is 325 g/mol. The molecule has 0 saturated heterocycles. The van der Waals surface area contributed by atoms with E-state index in [0.717, 1.165) is 5.56 Å². The van der Waals surface area contributed by atoms with Crippen LogP contribution >= 0.6 is 0 Å². The Labute approximate surface area is 145 Å². The Hall–Kier alpha value is -2.89. The lowest BCUT2D eigenvalue weighted by Gasteiger charge is -2.24. The molecule has 0 fully saturated rings. The van der Waals surface area contributed by atoms with Crippen molar-refractivity contribution in [2.75, 3.05) is 20.0 Å². The van der Waals surface area contributed by atoms with Crippen LogP contribution in [0.1, 0.15) is 17.0 Å². The van der Waals surface area contributed by atoms with Crippen molar-refractivity contribution in [3.63, 3.8) is 0 Å². The molecule has 2 aromatic carbocycles. The number of ether oxygens (including phenoxy) is 2. The lowest BCUT2D eigenvalue weighted by molar-refractivity contribution is -0.160. The van der Waals surface area contributed by atoms with E-state index in [1.807, 2.05) is 30.3 Å². The number of hydrogen-bond acceptors (Lipinski definition) is 5. The van der Waals surface area contributed by atoms with Gasteiger partial charge in [0, 0.05) is 11.6 Å². The van der Waals surface area contributed by atoms with Crippen LogP contribution in [0.3, 0.4) is 0 Å². The van der Waals surface area contributed by atoms with Crippen molar-refractivity contribution < 1.29 is 23.5 Å². The minimum Gasteiger partial charge on any atom is -0.468 e. The van der Waals surface area contributed by atoms with E-state index in [2.05, 4.69) is 0 Å². The van der Waals surface area contributed by atoms with E-state index >= 15 is 0 Å². The summed E-state index contributed by atoms with van der Waals surface area (Å²) in [4.78, 5) is 24.5. The Balaban J connectivity index is 2.48.